The molecule has 1 fully saturated rings. The van der Waals surface area contributed by atoms with Crippen molar-refractivity contribution in [2.24, 2.45) is 0 Å². The van der Waals surface area contributed by atoms with Crippen LogP contribution in [0.4, 0.5) is 11.4 Å². The second-order valence-electron chi connectivity index (χ2n) is 4.50. The number of rotatable bonds is 3. The van der Waals surface area contributed by atoms with Crippen LogP contribution in [-0.4, -0.2) is 48.1 Å². The van der Waals surface area contributed by atoms with Gasteiger partial charge in [-0.3, -0.25) is 0 Å². The zero-order valence-corrected chi connectivity index (χ0v) is 10.7. The van der Waals surface area contributed by atoms with Crippen molar-refractivity contribution >= 4 is 17.3 Å². The van der Waals surface area contributed by atoms with E-state index in [9.17, 15) is 15.0 Å². The molecule has 0 saturated carbocycles. The van der Waals surface area contributed by atoms with E-state index in [0.717, 1.165) is 0 Å². The largest absolute Gasteiger partial charge is 0.462 e. The number of benzene rings is 1. The number of aliphatic hydroxyl groups is 2. The first kappa shape index (κ1) is 13.6. The van der Waals surface area contributed by atoms with Crippen LogP contribution in [0.25, 0.3) is 0 Å². The maximum Gasteiger partial charge on any atom is 0.340 e. The number of para-hydroxylation sites is 1. The number of anilines is 2. The Balaban J connectivity index is 2.36. The van der Waals surface area contributed by atoms with Crippen molar-refractivity contribution in [3.63, 3.8) is 0 Å². The van der Waals surface area contributed by atoms with Gasteiger partial charge in [0.1, 0.15) is 0 Å². The van der Waals surface area contributed by atoms with Gasteiger partial charge in [0.05, 0.1) is 35.8 Å². The zero-order valence-electron chi connectivity index (χ0n) is 10.7. The number of nitrogens with two attached hydrogens (primary N) is 1. The number of hydrogen-bond acceptors (Lipinski definition) is 6. The first-order valence-electron chi connectivity index (χ1n) is 6.21. The van der Waals surface area contributed by atoms with Crippen LogP contribution in [-0.2, 0) is 4.74 Å². The molecule has 0 aromatic heterocycles. The van der Waals surface area contributed by atoms with Gasteiger partial charge in [-0.05, 0) is 19.1 Å². The molecule has 1 aliphatic rings. The van der Waals surface area contributed by atoms with E-state index in [2.05, 4.69) is 0 Å². The van der Waals surface area contributed by atoms with E-state index in [0.29, 0.717) is 16.9 Å². The van der Waals surface area contributed by atoms with E-state index in [1.807, 2.05) is 0 Å². The highest BCUT2D eigenvalue weighted by atomic mass is 16.5. The van der Waals surface area contributed by atoms with Crippen LogP contribution in [0.2, 0.25) is 0 Å². The standard InChI is InChI=1S/C13H18N2O4/c1-2-19-13(18)8-4-3-5-9(14)12(8)15-6-10(16)11(17)7-15/h3-5,10-11,16-17H,2,6-7,14H2,1H3. The number of ether oxygens (including phenoxy) is 1. The lowest BCUT2D eigenvalue weighted by Crippen LogP contribution is -2.25. The molecule has 4 N–H and O–H groups in total. The van der Waals surface area contributed by atoms with E-state index in [1.54, 1.807) is 30.0 Å². The Labute approximate surface area is 111 Å². The molecule has 1 saturated heterocycles. The number of nitrogens with zero attached hydrogens (tertiary/aromatic N) is 1. The summed E-state index contributed by atoms with van der Waals surface area (Å²) in [5.74, 6) is -0.458. The van der Waals surface area contributed by atoms with E-state index in [1.165, 1.54) is 0 Å². The van der Waals surface area contributed by atoms with Gasteiger partial charge in [-0.2, -0.15) is 0 Å². The fourth-order valence-corrected chi connectivity index (χ4v) is 2.24. The van der Waals surface area contributed by atoms with Crippen molar-refractivity contribution in [2.75, 3.05) is 30.3 Å². The highest BCUT2D eigenvalue weighted by Crippen LogP contribution is 2.31. The van der Waals surface area contributed by atoms with Crippen LogP contribution in [0.1, 0.15) is 17.3 Å². The number of aliphatic hydroxyl groups excluding tert-OH is 2. The summed E-state index contributed by atoms with van der Waals surface area (Å²) < 4.78 is 4.99. The van der Waals surface area contributed by atoms with Crippen LogP contribution < -0.4 is 10.6 Å². The molecule has 1 aliphatic heterocycles. The molecule has 1 heterocycles. The zero-order chi connectivity index (χ0) is 14.0. The summed E-state index contributed by atoms with van der Waals surface area (Å²) in [5.41, 5.74) is 7.20. The summed E-state index contributed by atoms with van der Waals surface area (Å²) in [6.07, 6.45) is -1.68. The molecule has 104 valence electrons. The fourth-order valence-electron chi connectivity index (χ4n) is 2.24. The van der Waals surface area contributed by atoms with Gasteiger partial charge in [0.2, 0.25) is 0 Å². The lowest BCUT2D eigenvalue weighted by molar-refractivity contribution is 0.0527. The van der Waals surface area contributed by atoms with Crippen molar-refractivity contribution in [3.05, 3.63) is 23.8 Å². The summed E-state index contributed by atoms with van der Waals surface area (Å²) in [4.78, 5) is 13.6. The van der Waals surface area contributed by atoms with Crippen molar-refractivity contribution < 1.29 is 19.7 Å². The number of β-amino-alcohol motifs (C(OH)–C–C–N with tert-alkyl or cyclic N) is 2. The molecule has 1 aromatic carbocycles. The predicted molar refractivity (Wildman–Crippen MR) is 71.0 cm³/mol. The predicted octanol–water partition coefficient (Wildman–Crippen LogP) is -0.0127. The van der Waals surface area contributed by atoms with Gasteiger partial charge in [-0.1, -0.05) is 6.07 Å². The highest BCUT2D eigenvalue weighted by Gasteiger charge is 2.32. The Bertz CT molecular complexity index is 468. The third-order valence-corrected chi connectivity index (χ3v) is 3.14. The minimum absolute atomic E-state index is 0.238. The summed E-state index contributed by atoms with van der Waals surface area (Å²) >= 11 is 0. The van der Waals surface area contributed by atoms with Gasteiger partial charge in [-0.25, -0.2) is 4.79 Å². The topological polar surface area (TPSA) is 96.0 Å². The number of carbonyl (C=O) groups excluding carboxylic acids is 1. The van der Waals surface area contributed by atoms with Crippen LogP contribution in [0.3, 0.4) is 0 Å². The van der Waals surface area contributed by atoms with Crippen LogP contribution in [0.5, 0.6) is 0 Å². The fraction of sp³-hybridized carbons (Fsp3) is 0.462. The second kappa shape index (κ2) is 5.46. The molecule has 6 heteroatoms. The first-order chi connectivity index (χ1) is 9.04. The smallest absolute Gasteiger partial charge is 0.340 e. The molecule has 1 aromatic rings. The molecule has 0 aliphatic carbocycles. The van der Waals surface area contributed by atoms with Crippen molar-refractivity contribution in [3.8, 4) is 0 Å². The summed E-state index contributed by atoms with van der Waals surface area (Å²) in [7, 11) is 0. The number of nitrogen functional groups attached to an aromatic ring is 1. The van der Waals surface area contributed by atoms with Crippen molar-refractivity contribution in [1.29, 1.82) is 0 Å². The minimum Gasteiger partial charge on any atom is -0.462 e. The van der Waals surface area contributed by atoms with Gasteiger partial charge in [0, 0.05) is 13.1 Å². The molecule has 0 amide bonds. The second-order valence-corrected chi connectivity index (χ2v) is 4.50. The quantitative estimate of drug-likeness (QED) is 0.526. The number of carbonyl (C=O) groups is 1. The lowest BCUT2D eigenvalue weighted by Gasteiger charge is -2.22. The monoisotopic (exact) mass is 266 g/mol. The highest BCUT2D eigenvalue weighted by molar-refractivity contribution is 5.99. The molecule has 0 bridgehead atoms. The van der Waals surface area contributed by atoms with E-state index >= 15 is 0 Å². The molecule has 6 nitrogen and oxygen atoms in total. The van der Waals surface area contributed by atoms with E-state index < -0.39 is 18.2 Å². The molecular weight excluding hydrogens is 248 g/mol. The molecule has 0 radical (unpaired) electrons. The molecule has 0 spiro atoms. The molecule has 2 unspecified atom stereocenters. The molecule has 19 heavy (non-hydrogen) atoms. The summed E-state index contributed by atoms with van der Waals surface area (Å²) in [6.45, 7) is 2.48. The van der Waals surface area contributed by atoms with Crippen molar-refractivity contribution in [1.82, 2.24) is 0 Å². The SMILES string of the molecule is CCOC(=O)c1cccc(N)c1N1CC(O)C(O)C1. The number of esters is 1. The molecular formula is C13H18N2O4. The molecule has 2 atom stereocenters. The van der Waals surface area contributed by atoms with Gasteiger partial charge in [0.25, 0.3) is 0 Å². The number of hydrogen-bond donors (Lipinski definition) is 3. The average molecular weight is 266 g/mol. The van der Waals surface area contributed by atoms with Gasteiger partial charge in [-0.15, -0.1) is 0 Å². The third kappa shape index (κ3) is 2.64. The Morgan fingerprint density at radius 2 is 2.05 bits per heavy atom. The van der Waals surface area contributed by atoms with Crippen LogP contribution >= 0.6 is 0 Å². The van der Waals surface area contributed by atoms with Gasteiger partial charge < -0.3 is 25.6 Å². The summed E-state index contributed by atoms with van der Waals surface area (Å²) in [6, 6.07) is 4.98. The van der Waals surface area contributed by atoms with E-state index in [4.69, 9.17) is 10.5 Å². The maximum absolute atomic E-state index is 11.9. The summed E-state index contributed by atoms with van der Waals surface area (Å²) in [5, 5.41) is 19.2. The maximum atomic E-state index is 11.9. The minimum atomic E-state index is -0.838. The Morgan fingerprint density at radius 1 is 1.42 bits per heavy atom. The van der Waals surface area contributed by atoms with Crippen LogP contribution in [0, 0.1) is 0 Å². The average Bonchev–Trinajstić information content (AvgIpc) is 2.69. The van der Waals surface area contributed by atoms with Crippen LogP contribution in [0.15, 0.2) is 18.2 Å². The Hall–Kier alpha value is -1.79. The van der Waals surface area contributed by atoms with Gasteiger partial charge >= 0.3 is 5.97 Å². The van der Waals surface area contributed by atoms with Crippen molar-refractivity contribution in [2.45, 2.75) is 19.1 Å². The molecule has 2 rings (SSSR count). The normalized spacial score (nSPS) is 22.6. The Morgan fingerprint density at radius 3 is 2.63 bits per heavy atom. The lowest BCUT2D eigenvalue weighted by atomic mass is 10.1. The van der Waals surface area contributed by atoms with E-state index in [-0.39, 0.29) is 19.7 Å². The van der Waals surface area contributed by atoms with Gasteiger partial charge in [0.15, 0.2) is 0 Å². The first-order valence-corrected chi connectivity index (χ1v) is 6.21. The third-order valence-electron chi connectivity index (χ3n) is 3.14. The Kier molecular flexibility index (Phi) is 3.92.